The van der Waals surface area contributed by atoms with Crippen LogP contribution in [0.5, 0.6) is 0 Å². The highest BCUT2D eigenvalue weighted by Gasteiger charge is 2.01. The number of hydrogen-bond acceptors (Lipinski definition) is 3. The van der Waals surface area contributed by atoms with E-state index in [9.17, 15) is 0 Å². The molecule has 4 heteroatoms. The van der Waals surface area contributed by atoms with Gasteiger partial charge in [0, 0.05) is 29.6 Å². The molecule has 0 atom stereocenters. The van der Waals surface area contributed by atoms with E-state index >= 15 is 0 Å². The lowest BCUT2D eigenvalue weighted by atomic mass is 10.3. The lowest BCUT2D eigenvalue weighted by Crippen LogP contribution is -2.04. The van der Waals surface area contributed by atoms with Crippen LogP contribution in [0, 0.1) is 6.92 Å². The van der Waals surface area contributed by atoms with Gasteiger partial charge in [-0.1, -0.05) is 6.07 Å². The van der Waals surface area contributed by atoms with Gasteiger partial charge in [-0.05, 0) is 18.4 Å². The Morgan fingerprint density at radius 3 is 3.00 bits per heavy atom. The largest absolute Gasteiger partial charge is 0.382 e. The fourth-order valence-electron chi connectivity index (χ4n) is 1.43. The Morgan fingerprint density at radius 2 is 2.43 bits per heavy atom. The quantitative estimate of drug-likeness (QED) is 0.837. The predicted octanol–water partition coefficient (Wildman–Crippen LogP) is 2.08. The van der Waals surface area contributed by atoms with Crippen molar-refractivity contribution in [2.24, 2.45) is 0 Å². The van der Waals surface area contributed by atoms with Gasteiger partial charge in [-0.25, -0.2) is 0 Å². The Kier molecular flexibility index (Phi) is 2.54. The molecule has 0 radical (unpaired) electrons. The minimum atomic E-state index is 0.605. The summed E-state index contributed by atoms with van der Waals surface area (Å²) < 4.78 is 1.95. The first-order valence-corrected chi connectivity index (χ1v) is 5.46. The fourth-order valence-corrected chi connectivity index (χ4v) is 2.13. The van der Waals surface area contributed by atoms with Crippen molar-refractivity contribution in [1.82, 2.24) is 9.78 Å². The van der Waals surface area contributed by atoms with Gasteiger partial charge in [-0.2, -0.15) is 5.10 Å². The Bertz CT molecular complexity index is 403. The first kappa shape index (κ1) is 9.27. The molecule has 0 aromatic carbocycles. The summed E-state index contributed by atoms with van der Waals surface area (Å²) in [6, 6.07) is 6.12. The van der Waals surface area contributed by atoms with Crippen LogP contribution in [0.4, 0.5) is 5.82 Å². The number of aryl methyl sites for hydroxylation is 3. The molecule has 0 amide bonds. The van der Waals surface area contributed by atoms with Crippen molar-refractivity contribution in [2.45, 2.75) is 19.9 Å². The highest BCUT2D eigenvalue weighted by molar-refractivity contribution is 7.09. The summed E-state index contributed by atoms with van der Waals surface area (Å²) >= 11 is 1.78. The van der Waals surface area contributed by atoms with E-state index in [0.29, 0.717) is 5.82 Å². The lowest BCUT2D eigenvalue weighted by molar-refractivity contribution is 0.604. The maximum absolute atomic E-state index is 5.60. The third-order valence-electron chi connectivity index (χ3n) is 2.15. The van der Waals surface area contributed by atoms with Gasteiger partial charge >= 0.3 is 0 Å². The first-order valence-electron chi connectivity index (χ1n) is 4.58. The van der Waals surface area contributed by atoms with Crippen LogP contribution in [0.2, 0.25) is 0 Å². The molecule has 2 N–H and O–H groups in total. The molecule has 14 heavy (non-hydrogen) atoms. The molecule has 0 saturated carbocycles. The number of anilines is 1. The topological polar surface area (TPSA) is 43.8 Å². The van der Waals surface area contributed by atoms with Crippen LogP contribution in [-0.4, -0.2) is 9.78 Å². The number of nitrogens with zero attached hydrogens (tertiary/aromatic N) is 2. The van der Waals surface area contributed by atoms with Gasteiger partial charge in [-0.3, -0.25) is 4.68 Å². The van der Waals surface area contributed by atoms with Gasteiger partial charge in [-0.15, -0.1) is 11.3 Å². The van der Waals surface area contributed by atoms with Crippen molar-refractivity contribution in [3.05, 3.63) is 34.2 Å². The first-order chi connectivity index (χ1) is 6.75. The normalized spacial score (nSPS) is 10.6. The van der Waals surface area contributed by atoms with Crippen LogP contribution in [0.25, 0.3) is 0 Å². The molecule has 0 aliphatic heterocycles. The van der Waals surface area contributed by atoms with E-state index in [1.807, 2.05) is 17.7 Å². The van der Waals surface area contributed by atoms with Crippen LogP contribution in [0.15, 0.2) is 23.6 Å². The van der Waals surface area contributed by atoms with E-state index < -0.39 is 0 Å². The molecule has 74 valence electrons. The van der Waals surface area contributed by atoms with E-state index in [1.165, 1.54) is 4.88 Å². The average Bonchev–Trinajstić information content (AvgIpc) is 2.72. The summed E-state index contributed by atoms with van der Waals surface area (Å²) in [5, 5.41) is 6.31. The van der Waals surface area contributed by atoms with Crippen LogP contribution in [-0.2, 0) is 13.0 Å². The molecule has 2 heterocycles. The summed E-state index contributed by atoms with van der Waals surface area (Å²) in [4.78, 5) is 1.39. The molecule has 0 aliphatic rings. The minimum absolute atomic E-state index is 0.605. The monoisotopic (exact) mass is 207 g/mol. The highest BCUT2D eigenvalue weighted by Crippen LogP contribution is 2.11. The summed E-state index contributed by atoms with van der Waals surface area (Å²) in [6.45, 7) is 2.93. The van der Waals surface area contributed by atoms with Crippen molar-refractivity contribution in [2.75, 3.05) is 5.73 Å². The summed E-state index contributed by atoms with van der Waals surface area (Å²) in [5.74, 6) is 0.605. The van der Waals surface area contributed by atoms with E-state index in [1.54, 1.807) is 11.3 Å². The number of hydrogen-bond donors (Lipinski definition) is 1. The Hall–Kier alpha value is -1.29. The Morgan fingerprint density at radius 1 is 1.57 bits per heavy atom. The molecule has 0 bridgehead atoms. The Labute approximate surface area is 87.2 Å². The molecule has 3 nitrogen and oxygen atoms in total. The van der Waals surface area contributed by atoms with Gasteiger partial charge in [0.15, 0.2) is 0 Å². The fraction of sp³-hybridized carbons (Fsp3) is 0.300. The minimum Gasteiger partial charge on any atom is -0.382 e. The zero-order valence-electron chi connectivity index (χ0n) is 8.10. The van der Waals surface area contributed by atoms with Gasteiger partial charge < -0.3 is 5.73 Å². The molecule has 0 spiro atoms. The zero-order valence-corrected chi connectivity index (χ0v) is 8.92. The summed E-state index contributed by atoms with van der Waals surface area (Å²) in [5.41, 5.74) is 6.72. The molecule has 2 aromatic rings. The molecular weight excluding hydrogens is 194 g/mol. The van der Waals surface area contributed by atoms with Gasteiger partial charge in [0.2, 0.25) is 0 Å². The maximum Gasteiger partial charge on any atom is 0.145 e. The van der Waals surface area contributed by atoms with E-state index in [2.05, 4.69) is 22.6 Å². The standard InChI is InChI=1S/C10H13N3S/c1-8-7-10(11)12-13(8)5-4-9-3-2-6-14-9/h2-3,6-7H,4-5H2,1H3,(H2,11,12). The van der Waals surface area contributed by atoms with Crippen LogP contribution >= 0.6 is 11.3 Å². The van der Waals surface area contributed by atoms with Crippen LogP contribution in [0.1, 0.15) is 10.6 Å². The second kappa shape index (κ2) is 3.84. The highest BCUT2D eigenvalue weighted by atomic mass is 32.1. The van der Waals surface area contributed by atoms with Crippen molar-refractivity contribution >= 4 is 17.2 Å². The number of thiophene rings is 1. The Balaban J connectivity index is 2.01. The predicted molar refractivity (Wildman–Crippen MR) is 59.4 cm³/mol. The van der Waals surface area contributed by atoms with E-state index in [-0.39, 0.29) is 0 Å². The van der Waals surface area contributed by atoms with E-state index in [4.69, 9.17) is 5.73 Å². The van der Waals surface area contributed by atoms with Crippen molar-refractivity contribution in [3.63, 3.8) is 0 Å². The maximum atomic E-state index is 5.60. The average molecular weight is 207 g/mol. The number of nitrogens with two attached hydrogens (primary N) is 1. The van der Waals surface area contributed by atoms with E-state index in [0.717, 1.165) is 18.7 Å². The zero-order chi connectivity index (χ0) is 9.97. The smallest absolute Gasteiger partial charge is 0.145 e. The summed E-state index contributed by atoms with van der Waals surface area (Å²) in [7, 11) is 0. The van der Waals surface area contributed by atoms with Gasteiger partial charge in [0.1, 0.15) is 5.82 Å². The molecule has 2 aromatic heterocycles. The third-order valence-corrected chi connectivity index (χ3v) is 3.09. The number of nitrogen functional groups attached to an aromatic ring is 1. The van der Waals surface area contributed by atoms with Crippen LogP contribution in [0.3, 0.4) is 0 Å². The number of aromatic nitrogens is 2. The third kappa shape index (κ3) is 1.96. The van der Waals surface area contributed by atoms with Gasteiger partial charge in [0.25, 0.3) is 0 Å². The SMILES string of the molecule is Cc1cc(N)nn1CCc1cccs1. The summed E-state index contributed by atoms with van der Waals surface area (Å²) in [6.07, 6.45) is 1.03. The lowest BCUT2D eigenvalue weighted by Gasteiger charge is -2.01. The van der Waals surface area contributed by atoms with Crippen molar-refractivity contribution in [1.29, 1.82) is 0 Å². The van der Waals surface area contributed by atoms with Gasteiger partial charge in [0.05, 0.1) is 0 Å². The molecular formula is C10H13N3S. The second-order valence-electron chi connectivity index (χ2n) is 3.26. The molecule has 0 fully saturated rings. The van der Waals surface area contributed by atoms with Crippen molar-refractivity contribution in [3.8, 4) is 0 Å². The molecule has 2 rings (SSSR count). The molecule has 0 saturated heterocycles. The second-order valence-corrected chi connectivity index (χ2v) is 4.30. The van der Waals surface area contributed by atoms with Crippen LogP contribution < -0.4 is 5.73 Å². The molecule has 0 aliphatic carbocycles. The number of rotatable bonds is 3. The molecule has 0 unspecified atom stereocenters. The van der Waals surface area contributed by atoms with Crippen molar-refractivity contribution < 1.29 is 0 Å².